The number of nitrogens with one attached hydrogen (secondary N) is 1. The molecule has 0 aliphatic carbocycles. The summed E-state index contributed by atoms with van der Waals surface area (Å²) in [6, 6.07) is -1.00. The lowest BCUT2D eigenvalue weighted by Crippen LogP contribution is -2.66. The van der Waals surface area contributed by atoms with Gasteiger partial charge < -0.3 is 89.9 Å². The van der Waals surface area contributed by atoms with Crippen LogP contribution in [-0.2, 0) is 33.2 Å². The maximum atomic E-state index is 13.5. The summed E-state index contributed by atoms with van der Waals surface area (Å²) in [6.07, 6.45) is 55.3. The molecule has 100 heavy (non-hydrogen) atoms. The topological polar surface area (TPSA) is 307 Å². The number of carbonyl (C=O) groups excluding carboxylic acids is 1. The summed E-state index contributed by atoms with van der Waals surface area (Å²) in [6.45, 7) is 1.62. The van der Waals surface area contributed by atoms with Gasteiger partial charge in [-0.05, 0) is 83.5 Å². The summed E-state index contributed by atoms with van der Waals surface area (Å²) < 4.78 is 34.4. The van der Waals surface area contributed by atoms with Gasteiger partial charge in [-0.25, -0.2) is 0 Å². The molecule has 0 spiro atoms. The number of amides is 1. The van der Waals surface area contributed by atoms with Crippen molar-refractivity contribution in [2.24, 2.45) is 0 Å². The van der Waals surface area contributed by atoms with E-state index in [-0.39, 0.29) is 18.9 Å². The first-order chi connectivity index (χ1) is 48.8. The standard InChI is InChI=1S/C81H141NO18/c1-3-5-7-9-11-13-15-17-19-21-23-25-27-29-31-33-34-36-38-40-42-44-46-48-50-52-54-56-58-65(86)64(82-69(87)59-57-55-53-51-49-47-45-43-41-39-37-35-32-30-28-26-24-22-20-18-16-14-12-10-8-6-4-2)63-95-79-75(93)72(90)77(67(61-84)97-79)100-81-76(94)73(91)78(68(62-85)98-81)99-80-74(92)71(89)70(88)66(60-83)96-80/h6,8,12,14,18,20,24,26,30,32,37,39,48,50,56,58,64-68,70-81,83-86,88-94H,3-5,7,9-11,13,15-17,19,21-23,25,27-29,31,33-36,38,40-47,49,51-55,57,59-63H2,1-2H3,(H,82,87)/b8-6-,14-12-,20-18-,26-24-,32-30-,39-37-,50-48+,58-56+. The molecule has 0 saturated carbocycles. The highest BCUT2D eigenvalue weighted by Gasteiger charge is 2.53. The highest BCUT2D eigenvalue weighted by Crippen LogP contribution is 2.33. The van der Waals surface area contributed by atoms with Crippen molar-refractivity contribution in [1.82, 2.24) is 5.32 Å². The predicted octanol–water partition coefficient (Wildman–Crippen LogP) is 12.8. The largest absolute Gasteiger partial charge is 0.394 e. The van der Waals surface area contributed by atoms with Crippen LogP contribution in [0.4, 0.5) is 0 Å². The van der Waals surface area contributed by atoms with Gasteiger partial charge in [-0.3, -0.25) is 4.79 Å². The van der Waals surface area contributed by atoms with E-state index in [1.807, 2.05) is 6.08 Å². The van der Waals surface area contributed by atoms with Crippen LogP contribution in [0.15, 0.2) is 97.2 Å². The van der Waals surface area contributed by atoms with Crippen LogP contribution in [0, 0.1) is 0 Å². The summed E-state index contributed by atoms with van der Waals surface area (Å²) in [5.74, 6) is -0.295. The Bertz CT molecular complexity index is 2190. The SMILES string of the molecule is CC/C=C\C/C=C\C/C=C\C/C=C\C/C=C\C/C=C\CCCCCCCCCCC(=O)NC(COC1OC(CO)C(OC2OC(CO)C(OC3OC(CO)C(O)C(O)C3O)C(O)C2O)C(O)C1O)C(O)/C=C/CC/C=C/CCCCCCCCCCCCCCCCCCCCCCCC. The maximum Gasteiger partial charge on any atom is 0.220 e. The zero-order valence-electron chi connectivity index (χ0n) is 61.6. The second-order valence-corrected chi connectivity index (χ2v) is 27.8. The molecule has 0 aromatic carbocycles. The number of allylic oxidation sites excluding steroid dienone is 15. The lowest BCUT2D eigenvalue weighted by molar-refractivity contribution is -0.379. The summed E-state index contributed by atoms with van der Waals surface area (Å²) in [7, 11) is 0. The van der Waals surface area contributed by atoms with E-state index >= 15 is 0 Å². The Morgan fingerprint density at radius 1 is 0.370 bits per heavy atom. The predicted molar refractivity (Wildman–Crippen MR) is 397 cm³/mol. The van der Waals surface area contributed by atoms with Crippen LogP contribution in [0.3, 0.4) is 0 Å². The lowest BCUT2D eigenvalue weighted by Gasteiger charge is -2.48. The summed E-state index contributed by atoms with van der Waals surface area (Å²) in [5.41, 5.74) is 0. The number of hydrogen-bond acceptors (Lipinski definition) is 18. The van der Waals surface area contributed by atoms with E-state index in [9.17, 15) is 61.0 Å². The molecule has 19 heteroatoms. The summed E-state index contributed by atoms with van der Waals surface area (Å²) >= 11 is 0. The first-order valence-corrected chi connectivity index (χ1v) is 39.5. The molecule has 3 fully saturated rings. The molecule has 3 aliphatic heterocycles. The molecule has 3 rings (SSSR count). The zero-order chi connectivity index (χ0) is 72.5. The van der Waals surface area contributed by atoms with Crippen LogP contribution in [0.1, 0.15) is 277 Å². The summed E-state index contributed by atoms with van der Waals surface area (Å²) in [5, 5.41) is 121. The van der Waals surface area contributed by atoms with E-state index in [4.69, 9.17) is 28.4 Å². The van der Waals surface area contributed by atoms with E-state index in [1.54, 1.807) is 6.08 Å². The van der Waals surface area contributed by atoms with Crippen molar-refractivity contribution in [1.29, 1.82) is 0 Å². The molecular formula is C81H141NO18. The average Bonchev–Trinajstić information content (AvgIpc) is 0.783. The normalized spacial score (nSPS) is 27.0. The molecule has 12 N–H and O–H groups in total. The Hall–Kier alpha value is -3.29. The molecule has 19 nitrogen and oxygen atoms in total. The zero-order valence-corrected chi connectivity index (χ0v) is 61.6. The Morgan fingerprint density at radius 3 is 1.12 bits per heavy atom. The van der Waals surface area contributed by atoms with E-state index in [0.717, 1.165) is 103 Å². The van der Waals surface area contributed by atoms with Gasteiger partial charge >= 0.3 is 0 Å². The monoisotopic (exact) mass is 1420 g/mol. The minimum atomic E-state index is -1.99. The van der Waals surface area contributed by atoms with Crippen molar-refractivity contribution in [3.63, 3.8) is 0 Å². The molecule has 1 amide bonds. The highest BCUT2D eigenvalue weighted by molar-refractivity contribution is 5.76. The number of hydrogen-bond donors (Lipinski definition) is 12. The molecule has 17 unspecified atom stereocenters. The van der Waals surface area contributed by atoms with Crippen molar-refractivity contribution in [2.75, 3.05) is 26.4 Å². The van der Waals surface area contributed by atoms with E-state index < -0.39 is 124 Å². The average molecular weight is 1420 g/mol. The van der Waals surface area contributed by atoms with Crippen molar-refractivity contribution in [2.45, 2.75) is 381 Å². The van der Waals surface area contributed by atoms with E-state index in [0.29, 0.717) is 12.8 Å². The highest BCUT2D eigenvalue weighted by atomic mass is 16.8. The quantitative estimate of drug-likeness (QED) is 0.0199. The Labute approximate surface area is 603 Å². The molecule has 0 bridgehead atoms. The number of aliphatic hydroxyl groups is 11. The molecule has 3 heterocycles. The molecule has 3 aliphatic rings. The third-order valence-corrected chi connectivity index (χ3v) is 19.1. The minimum absolute atomic E-state index is 0.220. The van der Waals surface area contributed by atoms with Gasteiger partial charge in [0, 0.05) is 6.42 Å². The second kappa shape index (κ2) is 60.9. The van der Waals surface area contributed by atoms with Crippen molar-refractivity contribution < 1.29 is 89.4 Å². The van der Waals surface area contributed by atoms with Crippen LogP contribution >= 0.6 is 0 Å². The first-order valence-electron chi connectivity index (χ1n) is 39.5. The minimum Gasteiger partial charge on any atom is -0.394 e. The number of unbranched alkanes of at least 4 members (excludes halogenated alkanes) is 31. The van der Waals surface area contributed by atoms with Crippen LogP contribution in [0.2, 0.25) is 0 Å². The molecule has 0 radical (unpaired) electrons. The number of carbonyl (C=O) groups is 1. The summed E-state index contributed by atoms with van der Waals surface area (Å²) in [4.78, 5) is 13.5. The lowest BCUT2D eigenvalue weighted by atomic mass is 9.96. The van der Waals surface area contributed by atoms with Gasteiger partial charge in [0.2, 0.25) is 5.91 Å². The van der Waals surface area contributed by atoms with E-state index in [1.165, 1.54) is 141 Å². The van der Waals surface area contributed by atoms with Gasteiger partial charge in [-0.2, -0.15) is 0 Å². The Kier molecular flexibility index (Phi) is 55.4. The second-order valence-electron chi connectivity index (χ2n) is 27.8. The van der Waals surface area contributed by atoms with Gasteiger partial charge in [-0.15, -0.1) is 0 Å². The van der Waals surface area contributed by atoms with Gasteiger partial charge in [0.25, 0.3) is 0 Å². The first kappa shape index (κ1) is 90.9. The maximum absolute atomic E-state index is 13.5. The fraction of sp³-hybridized carbons (Fsp3) is 0.790. The Morgan fingerprint density at radius 2 is 0.700 bits per heavy atom. The fourth-order valence-electron chi connectivity index (χ4n) is 12.8. The molecule has 578 valence electrons. The van der Waals surface area contributed by atoms with Gasteiger partial charge in [0.05, 0.1) is 38.6 Å². The number of rotatable bonds is 61. The van der Waals surface area contributed by atoms with Gasteiger partial charge in [-0.1, -0.05) is 284 Å². The molecule has 3 saturated heterocycles. The van der Waals surface area contributed by atoms with Crippen molar-refractivity contribution >= 4 is 5.91 Å². The van der Waals surface area contributed by atoms with Crippen molar-refractivity contribution in [3.05, 3.63) is 97.2 Å². The van der Waals surface area contributed by atoms with Crippen LogP contribution in [-0.4, -0.2) is 193 Å². The van der Waals surface area contributed by atoms with E-state index in [2.05, 4.69) is 104 Å². The van der Waals surface area contributed by atoms with Gasteiger partial charge in [0.15, 0.2) is 18.9 Å². The molecular weight excluding hydrogens is 1270 g/mol. The number of ether oxygens (including phenoxy) is 6. The van der Waals surface area contributed by atoms with Crippen LogP contribution in [0.5, 0.6) is 0 Å². The molecule has 0 aromatic rings. The third-order valence-electron chi connectivity index (χ3n) is 19.1. The molecule has 17 atom stereocenters. The number of aliphatic hydroxyl groups excluding tert-OH is 11. The van der Waals surface area contributed by atoms with Gasteiger partial charge in [0.1, 0.15) is 73.2 Å². The van der Waals surface area contributed by atoms with Crippen molar-refractivity contribution in [3.8, 4) is 0 Å². The van der Waals surface area contributed by atoms with Crippen LogP contribution < -0.4 is 5.32 Å². The molecule has 0 aromatic heterocycles. The fourth-order valence-corrected chi connectivity index (χ4v) is 12.8. The Balaban J connectivity index is 1.41. The van der Waals surface area contributed by atoms with Crippen LogP contribution in [0.25, 0.3) is 0 Å². The smallest absolute Gasteiger partial charge is 0.220 e. The third kappa shape index (κ3) is 40.8.